The number of imidazole rings is 1. The summed E-state index contributed by atoms with van der Waals surface area (Å²) in [6, 6.07) is 12.6. The molecule has 0 amide bonds. The summed E-state index contributed by atoms with van der Waals surface area (Å²) < 4.78 is 20.5. The molecule has 0 saturated heterocycles. The normalized spacial score (nSPS) is 13.9. The summed E-state index contributed by atoms with van der Waals surface area (Å²) in [5.41, 5.74) is 7.49. The molecule has 45 heavy (non-hydrogen) atoms. The molecule has 11 heteroatoms. The predicted molar refractivity (Wildman–Crippen MR) is 173 cm³/mol. The molecule has 1 aliphatic carbocycles. The quantitative estimate of drug-likeness (QED) is 0.165. The van der Waals surface area contributed by atoms with Gasteiger partial charge in [-0.1, -0.05) is 12.8 Å². The molecule has 0 spiro atoms. The Labute approximate surface area is 260 Å². The van der Waals surface area contributed by atoms with E-state index in [0.29, 0.717) is 46.1 Å². The molecule has 3 N–H and O–H groups in total. The number of hydrogen-bond acceptors (Lipinski definition) is 8. The van der Waals surface area contributed by atoms with E-state index in [2.05, 4.69) is 36.5 Å². The molecule has 5 aromatic heterocycles. The van der Waals surface area contributed by atoms with Crippen molar-refractivity contribution in [3.8, 4) is 39.7 Å². The number of pyridine rings is 3. The minimum Gasteiger partial charge on any atom is -0.492 e. The van der Waals surface area contributed by atoms with Crippen LogP contribution in [0.5, 0.6) is 5.75 Å². The van der Waals surface area contributed by atoms with Gasteiger partial charge < -0.3 is 19.9 Å². The van der Waals surface area contributed by atoms with Crippen LogP contribution in [0.15, 0.2) is 61.1 Å². The maximum absolute atomic E-state index is 14.7. The highest BCUT2D eigenvalue weighted by molar-refractivity contribution is 5.95. The largest absolute Gasteiger partial charge is 0.492 e. The van der Waals surface area contributed by atoms with Crippen LogP contribution in [-0.2, 0) is 6.54 Å². The molecule has 230 valence electrons. The average molecular weight is 606 g/mol. The van der Waals surface area contributed by atoms with Gasteiger partial charge in [0.2, 0.25) is 0 Å². The van der Waals surface area contributed by atoms with Crippen LogP contribution in [-0.4, -0.2) is 73.8 Å². The minimum absolute atomic E-state index is 0.379. The molecule has 0 unspecified atom stereocenters. The number of likely N-dealkylation sites (N-methyl/N-ethyl adjacent to an activating group) is 1. The number of H-pyrrole nitrogens is 2. The first-order valence-corrected chi connectivity index (χ1v) is 15.4. The van der Waals surface area contributed by atoms with Gasteiger partial charge in [-0.2, -0.15) is 5.10 Å². The van der Waals surface area contributed by atoms with Crippen molar-refractivity contribution in [2.24, 2.45) is 5.92 Å². The molecule has 1 saturated carbocycles. The third-order valence-corrected chi connectivity index (χ3v) is 8.34. The van der Waals surface area contributed by atoms with E-state index in [1.165, 1.54) is 37.8 Å². The second-order valence-corrected chi connectivity index (χ2v) is 12.0. The molecule has 0 radical (unpaired) electrons. The van der Waals surface area contributed by atoms with Gasteiger partial charge in [0.1, 0.15) is 23.7 Å². The van der Waals surface area contributed by atoms with Crippen molar-refractivity contribution in [1.29, 1.82) is 0 Å². The summed E-state index contributed by atoms with van der Waals surface area (Å²) in [7, 11) is 3.93. The topological polar surface area (TPSA) is 121 Å². The summed E-state index contributed by atoms with van der Waals surface area (Å²) in [5.74, 6) is 1.39. The Morgan fingerprint density at radius 3 is 2.78 bits per heavy atom. The first-order valence-electron chi connectivity index (χ1n) is 15.4. The van der Waals surface area contributed by atoms with E-state index in [9.17, 15) is 4.39 Å². The Bertz CT molecular complexity index is 1940. The van der Waals surface area contributed by atoms with Gasteiger partial charge in [-0.05, 0) is 86.9 Å². The fourth-order valence-electron chi connectivity index (χ4n) is 6.00. The number of hydrogen-bond donors (Lipinski definition) is 3. The zero-order chi connectivity index (χ0) is 30.8. The molecular weight excluding hydrogens is 569 g/mol. The number of aromatic nitrogens is 7. The smallest absolute Gasteiger partial charge is 0.178 e. The van der Waals surface area contributed by atoms with E-state index < -0.39 is 0 Å². The lowest BCUT2D eigenvalue weighted by atomic mass is 10.1. The van der Waals surface area contributed by atoms with Crippen molar-refractivity contribution in [2.45, 2.75) is 32.2 Å². The van der Waals surface area contributed by atoms with E-state index in [1.54, 1.807) is 6.20 Å². The van der Waals surface area contributed by atoms with Gasteiger partial charge in [-0.25, -0.2) is 19.3 Å². The van der Waals surface area contributed by atoms with Crippen molar-refractivity contribution in [2.75, 3.05) is 33.8 Å². The Morgan fingerprint density at radius 2 is 1.91 bits per heavy atom. The van der Waals surface area contributed by atoms with Gasteiger partial charge in [-0.15, -0.1) is 0 Å². The number of ether oxygens (including phenoxy) is 1. The summed E-state index contributed by atoms with van der Waals surface area (Å²) in [5, 5.41) is 11.2. The molecule has 1 fully saturated rings. The second kappa shape index (κ2) is 12.7. The maximum Gasteiger partial charge on any atom is 0.178 e. The number of fused-ring (bicyclic) bond motifs is 2. The molecule has 0 atom stereocenters. The predicted octanol–water partition coefficient (Wildman–Crippen LogP) is 5.98. The van der Waals surface area contributed by atoms with Gasteiger partial charge >= 0.3 is 0 Å². The van der Waals surface area contributed by atoms with E-state index in [-0.39, 0.29) is 5.82 Å². The lowest BCUT2D eigenvalue weighted by Gasteiger charge is -2.12. The van der Waals surface area contributed by atoms with Crippen LogP contribution < -0.4 is 10.1 Å². The fourth-order valence-corrected chi connectivity index (χ4v) is 6.00. The van der Waals surface area contributed by atoms with Gasteiger partial charge in [0.25, 0.3) is 0 Å². The Balaban J connectivity index is 1.17. The summed E-state index contributed by atoms with van der Waals surface area (Å²) in [6.45, 7) is 3.00. The van der Waals surface area contributed by atoms with Crippen LogP contribution in [0.25, 0.3) is 56.1 Å². The first kappa shape index (κ1) is 29.0. The number of aromatic amines is 2. The third kappa shape index (κ3) is 6.40. The molecular formula is C34H36FN9O. The van der Waals surface area contributed by atoms with Gasteiger partial charge in [0.15, 0.2) is 17.2 Å². The maximum atomic E-state index is 14.7. The monoisotopic (exact) mass is 605 g/mol. The highest BCUT2D eigenvalue weighted by atomic mass is 19.1. The zero-order valence-electron chi connectivity index (χ0n) is 25.5. The first-order chi connectivity index (χ1) is 22.0. The Hall–Kier alpha value is -4.74. The van der Waals surface area contributed by atoms with Crippen LogP contribution in [0, 0.1) is 11.7 Å². The molecule has 6 aromatic rings. The summed E-state index contributed by atoms with van der Waals surface area (Å²) in [6.07, 6.45) is 10.7. The Kier molecular flexibility index (Phi) is 8.19. The van der Waals surface area contributed by atoms with E-state index in [4.69, 9.17) is 14.7 Å². The molecule has 1 aromatic carbocycles. The fraction of sp³-hybridized carbons (Fsp3) is 0.324. The van der Waals surface area contributed by atoms with Crippen molar-refractivity contribution < 1.29 is 9.13 Å². The van der Waals surface area contributed by atoms with Gasteiger partial charge in [-0.3, -0.25) is 10.1 Å². The number of nitrogens with one attached hydrogen (secondary N) is 3. The summed E-state index contributed by atoms with van der Waals surface area (Å²) >= 11 is 0. The van der Waals surface area contributed by atoms with Crippen molar-refractivity contribution in [3.63, 3.8) is 0 Å². The van der Waals surface area contributed by atoms with Crippen molar-refractivity contribution >= 4 is 22.2 Å². The zero-order valence-corrected chi connectivity index (χ0v) is 25.5. The lowest BCUT2D eigenvalue weighted by Crippen LogP contribution is -2.20. The highest BCUT2D eigenvalue weighted by Gasteiger charge is 2.19. The highest BCUT2D eigenvalue weighted by Crippen LogP contribution is 2.33. The van der Waals surface area contributed by atoms with E-state index >= 15 is 0 Å². The van der Waals surface area contributed by atoms with Crippen LogP contribution >= 0.6 is 0 Å². The van der Waals surface area contributed by atoms with Crippen molar-refractivity contribution in [1.82, 2.24) is 45.3 Å². The molecule has 7 rings (SSSR count). The second-order valence-electron chi connectivity index (χ2n) is 12.0. The SMILES string of the molecule is CN(C)CCOc1cc(F)cc(-c2ccnc3nc(-c4n[nH]c5ccc(-c6cncc(CNCC7CCCC7)c6)nc45)[nH]c23)c1. The van der Waals surface area contributed by atoms with Crippen LogP contribution in [0.3, 0.4) is 0 Å². The molecule has 0 aliphatic heterocycles. The third-order valence-electron chi connectivity index (χ3n) is 8.34. The van der Waals surface area contributed by atoms with Crippen LogP contribution in [0.2, 0.25) is 0 Å². The number of rotatable bonds is 11. The standard InChI is InChI=1S/C34H36FN9O/c1-44(2)11-12-45-26-15-23(14-25(35)16-26)27-9-10-38-33-30(27)40-34(41-33)32-31-29(42-43-32)8-7-28(39-31)24-13-22(19-37-20-24)18-36-17-21-5-3-4-6-21/h7-10,13-16,19-21,36H,3-6,11-12,17-18H2,1-2H3,(H,42,43)(H,38,40,41). The number of halogens is 1. The minimum atomic E-state index is -0.379. The molecule has 10 nitrogen and oxygen atoms in total. The average Bonchev–Trinajstić information content (AvgIpc) is 3.80. The van der Waals surface area contributed by atoms with Gasteiger partial charge in [0, 0.05) is 48.9 Å². The Morgan fingerprint density at radius 1 is 1.02 bits per heavy atom. The molecule has 0 bridgehead atoms. The van der Waals surface area contributed by atoms with Crippen molar-refractivity contribution in [3.05, 3.63) is 72.4 Å². The van der Waals surface area contributed by atoms with Crippen LogP contribution in [0.4, 0.5) is 4.39 Å². The molecule has 1 aliphatic rings. The van der Waals surface area contributed by atoms with E-state index in [0.717, 1.165) is 53.5 Å². The summed E-state index contributed by atoms with van der Waals surface area (Å²) in [4.78, 5) is 24.1. The lowest BCUT2D eigenvalue weighted by molar-refractivity contribution is 0.260. The van der Waals surface area contributed by atoms with Gasteiger partial charge in [0.05, 0.1) is 16.7 Å². The van der Waals surface area contributed by atoms with E-state index in [1.807, 2.05) is 55.7 Å². The molecule has 5 heterocycles. The number of nitrogens with zero attached hydrogens (tertiary/aromatic N) is 6. The van der Waals surface area contributed by atoms with Crippen LogP contribution in [0.1, 0.15) is 31.2 Å². The number of benzene rings is 1.